The first-order valence-corrected chi connectivity index (χ1v) is 8.44. The summed E-state index contributed by atoms with van der Waals surface area (Å²) >= 11 is 1.58. The van der Waals surface area contributed by atoms with Crippen molar-refractivity contribution < 1.29 is 19.0 Å². The predicted molar refractivity (Wildman–Crippen MR) is 89.0 cm³/mol. The van der Waals surface area contributed by atoms with Crippen LogP contribution in [-0.4, -0.2) is 23.4 Å². The number of aromatic nitrogens is 1. The van der Waals surface area contributed by atoms with Gasteiger partial charge < -0.3 is 24.3 Å². The average molecular weight is 344 g/mol. The number of fused-ring (bicyclic) bond motifs is 1. The Morgan fingerprint density at radius 2 is 2.17 bits per heavy atom. The number of thiazole rings is 1. The quantitative estimate of drug-likeness (QED) is 0.716. The van der Waals surface area contributed by atoms with Gasteiger partial charge in [-0.15, -0.1) is 11.3 Å². The lowest BCUT2D eigenvalue weighted by Crippen LogP contribution is -2.20. The molecule has 3 heterocycles. The van der Waals surface area contributed by atoms with Crippen molar-refractivity contribution in [2.45, 2.75) is 12.6 Å². The van der Waals surface area contributed by atoms with E-state index in [0.717, 1.165) is 27.8 Å². The highest BCUT2D eigenvalue weighted by molar-refractivity contribution is 7.13. The van der Waals surface area contributed by atoms with Gasteiger partial charge in [0.1, 0.15) is 16.9 Å². The number of nitrogens with one attached hydrogen (secondary N) is 1. The third kappa shape index (κ3) is 3.14. The lowest BCUT2D eigenvalue weighted by atomic mass is 10.2. The van der Waals surface area contributed by atoms with Crippen LogP contribution in [-0.2, 0) is 6.54 Å². The average Bonchev–Trinajstić information content (AvgIpc) is 3.34. The van der Waals surface area contributed by atoms with Gasteiger partial charge in [0.05, 0.1) is 12.0 Å². The Bertz CT molecular complexity index is 816. The first-order chi connectivity index (χ1) is 11.8. The van der Waals surface area contributed by atoms with Gasteiger partial charge in [0.2, 0.25) is 6.79 Å². The van der Waals surface area contributed by atoms with Gasteiger partial charge in [-0.1, -0.05) is 0 Å². The molecule has 0 spiro atoms. The number of rotatable bonds is 6. The second-order valence-electron chi connectivity index (χ2n) is 5.37. The van der Waals surface area contributed by atoms with E-state index in [0.29, 0.717) is 18.8 Å². The van der Waals surface area contributed by atoms with E-state index in [9.17, 15) is 5.11 Å². The molecule has 1 aliphatic rings. The van der Waals surface area contributed by atoms with E-state index < -0.39 is 6.10 Å². The van der Waals surface area contributed by atoms with Crippen LogP contribution >= 0.6 is 11.3 Å². The molecule has 1 aliphatic heterocycles. The molecule has 0 amide bonds. The molecule has 124 valence electrons. The smallest absolute Gasteiger partial charge is 0.231 e. The van der Waals surface area contributed by atoms with Gasteiger partial charge in [-0.05, 0) is 30.3 Å². The molecule has 3 aromatic rings. The molecule has 6 nitrogen and oxygen atoms in total. The predicted octanol–water partition coefficient (Wildman–Crippen LogP) is 2.96. The zero-order valence-corrected chi connectivity index (χ0v) is 13.6. The van der Waals surface area contributed by atoms with Gasteiger partial charge in [0, 0.05) is 24.0 Å². The van der Waals surface area contributed by atoms with E-state index in [1.807, 2.05) is 23.6 Å². The molecule has 0 saturated carbocycles. The molecule has 0 radical (unpaired) electrons. The van der Waals surface area contributed by atoms with Crippen molar-refractivity contribution in [3.05, 3.63) is 53.4 Å². The van der Waals surface area contributed by atoms with Crippen LogP contribution in [0.1, 0.15) is 17.6 Å². The van der Waals surface area contributed by atoms with Crippen molar-refractivity contribution in [1.82, 2.24) is 10.3 Å². The number of aliphatic hydroxyl groups excluding tert-OH is 1. The standard InChI is InChI=1S/C17H16N2O4S/c20-13(14-2-1-5-21-14)8-18-7-12-9-24-17(19-12)11-3-4-15-16(6-11)23-10-22-15/h1-6,9,13,18,20H,7-8,10H2. The third-order valence-corrected chi connectivity index (χ3v) is 4.63. The molecular formula is C17H16N2O4S. The lowest BCUT2D eigenvalue weighted by molar-refractivity contribution is 0.147. The number of hydrogen-bond donors (Lipinski definition) is 2. The van der Waals surface area contributed by atoms with E-state index in [4.69, 9.17) is 13.9 Å². The molecular weight excluding hydrogens is 328 g/mol. The highest BCUT2D eigenvalue weighted by Gasteiger charge is 2.15. The summed E-state index contributed by atoms with van der Waals surface area (Å²) < 4.78 is 15.9. The zero-order chi connectivity index (χ0) is 16.4. The Morgan fingerprint density at radius 3 is 3.04 bits per heavy atom. The van der Waals surface area contributed by atoms with E-state index in [1.165, 1.54) is 0 Å². The maximum Gasteiger partial charge on any atom is 0.231 e. The summed E-state index contributed by atoms with van der Waals surface area (Å²) in [5.41, 5.74) is 1.94. The number of nitrogens with zero attached hydrogens (tertiary/aromatic N) is 1. The van der Waals surface area contributed by atoms with E-state index in [-0.39, 0.29) is 6.79 Å². The molecule has 0 fully saturated rings. The fraction of sp³-hybridized carbons (Fsp3) is 0.235. The summed E-state index contributed by atoms with van der Waals surface area (Å²) in [7, 11) is 0. The summed E-state index contributed by atoms with van der Waals surface area (Å²) in [4.78, 5) is 4.62. The Hall–Kier alpha value is -2.35. The zero-order valence-electron chi connectivity index (χ0n) is 12.8. The summed E-state index contributed by atoms with van der Waals surface area (Å²) in [6.07, 6.45) is 0.892. The van der Waals surface area contributed by atoms with E-state index in [1.54, 1.807) is 29.7 Å². The second kappa shape index (κ2) is 6.64. The van der Waals surface area contributed by atoms with Crippen molar-refractivity contribution in [2.75, 3.05) is 13.3 Å². The van der Waals surface area contributed by atoms with Crippen LogP contribution in [0.3, 0.4) is 0 Å². The van der Waals surface area contributed by atoms with Gasteiger partial charge in [0.25, 0.3) is 0 Å². The molecule has 4 rings (SSSR count). The van der Waals surface area contributed by atoms with Crippen LogP contribution in [0, 0.1) is 0 Å². The van der Waals surface area contributed by atoms with Gasteiger partial charge in [-0.2, -0.15) is 0 Å². The highest BCUT2D eigenvalue weighted by Crippen LogP contribution is 2.36. The Kier molecular flexibility index (Phi) is 4.20. The summed E-state index contributed by atoms with van der Waals surface area (Å²) in [6.45, 7) is 1.26. The van der Waals surface area contributed by atoms with E-state index >= 15 is 0 Å². The van der Waals surface area contributed by atoms with Crippen LogP contribution < -0.4 is 14.8 Å². The minimum absolute atomic E-state index is 0.268. The van der Waals surface area contributed by atoms with Crippen LogP contribution in [0.5, 0.6) is 11.5 Å². The minimum atomic E-state index is -0.660. The lowest BCUT2D eigenvalue weighted by Gasteiger charge is -2.08. The van der Waals surface area contributed by atoms with Crippen LogP contribution in [0.15, 0.2) is 46.4 Å². The second-order valence-corrected chi connectivity index (χ2v) is 6.23. The molecule has 2 N–H and O–H groups in total. The minimum Gasteiger partial charge on any atom is -0.467 e. The largest absolute Gasteiger partial charge is 0.467 e. The van der Waals surface area contributed by atoms with Crippen molar-refractivity contribution in [1.29, 1.82) is 0 Å². The van der Waals surface area contributed by atoms with Gasteiger partial charge in [-0.25, -0.2) is 4.98 Å². The van der Waals surface area contributed by atoms with Crippen molar-refractivity contribution in [2.24, 2.45) is 0 Å². The fourth-order valence-corrected chi connectivity index (χ4v) is 3.29. The Balaban J connectivity index is 1.36. The maximum atomic E-state index is 9.96. The fourth-order valence-electron chi connectivity index (χ4n) is 2.47. The highest BCUT2D eigenvalue weighted by atomic mass is 32.1. The topological polar surface area (TPSA) is 76.8 Å². The molecule has 2 aromatic heterocycles. The number of aliphatic hydroxyl groups is 1. The Morgan fingerprint density at radius 1 is 1.25 bits per heavy atom. The van der Waals surface area contributed by atoms with Crippen LogP contribution in [0.4, 0.5) is 0 Å². The van der Waals surface area contributed by atoms with E-state index in [2.05, 4.69) is 10.3 Å². The Labute approximate surface area is 142 Å². The van der Waals surface area contributed by atoms with Crippen molar-refractivity contribution in [3.63, 3.8) is 0 Å². The van der Waals surface area contributed by atoms with Gasteiger partial charge >= 0.3 is 0 Å². The number of hydrogen-bond acceptors (Lipinski definition) is 7. The monoisotopic (exact) mass is 344 g/mol. The summed E-state index contributed by atoms with van der Waals surface area (Å²) in [5.74, 6) is 2.08. The van der Waals surface area contributed by atoms with Crippen molar-refractivity contribution >= 4 is 11.3 Å². The number of furan rings is 1. The van der Waals surface area contributed by atoms with Crippen LogP contribution in [0.2, 0.25) is 0 Å². The molecule has 0 bridgehead atoms. The van der Waals surface area contributed by atoms with Gasteiger partial charge in [0.15, 0.2) is 11.5 Å². The molecule has 1 aromatic carbocycles. The third-order valence-electron chi connectivity index (χ3n) is 3.69. The SMILES string of the molecule is OC(CNCc1csc(-c2ccc3c(c2)OCO3)n1)c1ccco1. The molecule has 0 saturated heterocycles. The normalized spacial score (nSPS) is 14.0. The van der Waals surface area contributed by atoms with Crippen LogP contribution in [0.25, 0.3) is 10.6 Å². The first-order valence-electron chi connectivity index (χ1n) is 7.56. The molecule has 1 unspecified atom stereocenters. The van der Waals surface area contributed by atoms with Crippen molar-refractivity contribution in [3.8, 4) is 22.1 Å². The molecule has 0 aliphatic carbocycles. The number of benzene rings is 1. The summed E-state index contributed by atoms with van der Waals surface area (Å²) in [5, 5.41) is 16.1. The molecule has 7 heteroatoms. The molecule has 1 atom stereocenters. The van der Waals surface area contributed by atoms with Gasteiger partial charge in [-0.3, -0.25) is 0 Å². The summed E-state index contributed by atoms with van der Waals surface area (Å²) in [6, 6.07) is 9.34. The molecule has 24 heavy (non-hydrogen) atoms. The first kappa shape index (κ1) is 15.2. The number of ether oxygens (including phenoxy) is 2. The maximum absolute atomic E-state index is 9.96.